The van der Waals surface area contributed by atoms with E-state index in [-0.39, 0.29) is 10.8 Å². The van der Waals surface area contributed by atoms with E-state index < -0.39 is 10.0 Å². The highest BCUT2D eigenvalue weighted by atomic mass is 32.2. The van der Waals surface area contributed by atoms with E-state index in [2.05, 4.69) is 10.0 Å². The van der Waals surface area contributed by atoms with E-state index in [0.29, 0.717) is 48.1 Å². The molecule has 1 aliphatic heterocycles. The number of fused-ring (bicyclic) bond motifs is 1. The molecule has 1 aliphatic rings. The summed E-state index contributed by atoms with van der Waals surface area (Å²) in [7, 11) is -3.78. The number of sulfonamides is 1. The van der Waals surface area contributed by atoms with Crippen molar-refractivity contribution in [3.63, 3.8) is 0 Å². The third-order valence-electron chi connectivity index (χ3n) is 5.07. The first kappa shape index (κ1) is 21.7. The fourth-order valence-electron chi connectivity index (χ4n) is 3.41. The summed E-state index contributed by atoms with van der Waals surface area (Å²) >= 11 is 0. The Morgan fingerprint density at radius 2 is 1.72 bits per heavy atom. The van der Waals surface area contributed by atoms with Crippen molar-refractivity contribution in [1.29, 1.82) is 0 Å². The van der Waals surface area contributed by atoms with E-state index >= 15 is 0 Å². The summed E-state index contributed by atoms with van der Waals surface area (Å²) in [5.41, 5.74) is 3.04. The predicted molar refractivity (Wildman–Crippen MR) is 122 cm³/mol. The summed E-state index contributed by atoms with van der Waals surface area (Å²) in [6, 6.07) is 17.2. The minimum absolute atomic E-state index is 0.214. The van der Waals surface area contributed by atoms with Gasteiger partial charge in [0.2, 0.25) is 0 Å². The predicted octanol–water partition coefficient (Wildman–Crippen LogP) is 3.81. The minimum Gasteiger partial charge on any atom is -0.486 e. The van der Waals surface area contributed by atoms with Crippen LogP contribution in [0, 0.1) is 13.8 Å². The number of carbonyl (C=O) groups excluding carboxylic acids is 1. The lowest BCUT2D eigenvalue weighted by Crippen LogP contribution is -2.23. The average Bonchev–Trinajstić information content (AvgIpc) is 2.78. The van der Waals surface area contributed by atoms with Crippen molar-refractivity contribution < 1.29 is 22.7 Å². The van der Waals surface area contributed by atoms with Crippen LogP contribution in [0.5, 0.6) is 11.5 Å². The van der Waals surface area contributed by atoms with Crippen LogP contribution in [0.25, 0.3) is 0 Å². The summed E-state index contributed by atoms with van der Waals surface area (Å²) in [4.78, 5) is 12.9. The Labute approximate surface area is 187 Å². The Kier molecular flexibility index (Phi) is 6.05. The zero-order valence-electron chi connectivity index (χ0n) is 17.8. The topological polar surface area (TPSA) is 93.7 Å². The number of nitrogens with one attached hydrogen (secondary N) is 2. The molecule has 0 saturated heterocycles. The minimum atomic E-state index is -3.78. The molecule has 3 aromatic carbocycles. The van der Waals surface area contributed by atoms with E-state index in [0.717, 1.165) is 11.1 Å². The van der Waals surface area contributed by atoms with Crippen LogP contribution in [-0.2, 0) is 16.6 Å². The average molecular weight is 453 g/mol. The Balaban J connectivity index is 1.45. The van der Waals surface area contributed by atoms with E-state index in [4.69, 9.17) is 9.47 Å². The van der Waals surface area contributed by atoms with Gasteiger partial charge in [-0.1, -0.05) is 24.3 Å². The van der Waals surface area contributed by atoms with Gasteiger partial charge in [0.25, 0.3) is 15.9 Å². The molecule has 0 bridgehead atoms. The maximum Gasteiger partial charge on any atom is 0.262 e. The van der Waals surface area contributed by atoms with Crippen molar-refractivity contribution in [3.8, 4) is 11.5 Å². The lowest BCUT2D eigenvalue weighted by molar-refractivity contribution is 0.0951. The fourth-order valence-corrected chi connectivity index (χ4v) is 4.79. The molecule has 32 heavy (non-hydrogen) atoms. The zero-order chi connectivity index (χ0) is 22.7. The van der Waals surface area contributed by atoms with Crippen LogP contribution in [-0.4, -0.2) is 27.5 Å². The van der Waals surface area contributed by atoms with E-state index in [1.807, 2.05) is 31.2 Å². The van der Waals surface area contributed by atoms with Crippen molar-refractivity contribution in [2.24, 2.45) is 0 Å². The van der Waals surface area contributed by atoms with Gasteiger partial charge in [0, 0.05) is 17.8 Å². The van der Waals surface area contributed by atoms with Gasteiger partial charge in [-0.2, -0.15) is 0 Å². The highest BCUT2D eigenvalue weighted by Crippen LogP contribution is 2.30. The molecular formula is C24H24N2O5S. The van der Waals surface area contributed by atoms with Gasteiger partial charge in [0.1, 0.15) is 13.2 Å². The van der Waals surface area contributed by atoms with E-state index in [1.54, 1.807) is 37.3 Å². The van der Waals surface area contributed by atoms with Crippen molar-refractivity contribution in [2.75, 3.05) is 17.9 Å². The molecule has 0 fully saturated rings. The molecule has 0 spiro atoms. The van der Waals surface area contributed by atoms with Gasteiger partial charge in [-0.25, -0.2) is 8.42 Å². The van der Waals surface area contributed by atoms with Crippen molar-refractivity contribution in [3.05, 3.63) is 82.9 Å². The maximum absolute atomic E-state index is 12.9. The van der Waals surface area contributed by atoms with Crippen LogP contribution >= 0.6 is 0 Å². The first-order chi connectivity index (χ1) is 15.3. The maximum atomic E-state index is 12.9. The quantitative estimate of drug-likeness (QED) is 0.593. The number of amides is 1. The highest BCUT2D eigenvalue weighted by Gasteiger charge is 2.18. The van der Waals surface area contributed by atoms with Gasteiger partial charge in [0.15, 0.2) is 11.5 Å². The number of anilines is 1. The molecule has 1 amide bonds. The van der Waals surface area contributed by atoms with Crippen molar-refractivity contribution in [2.45, 2.75) is 25.3 Å². The molecule has 0 radical (unpaired) electrons. The number of hydrogen-bond acceptors (Lipinski definition) is 5. The number of hydrogen-bond donors (Lipinski definition) is 2. The van der Waals surface area contributed by atoms with Crippen LogP contribution < -0.4 is 19.5 Å². The summed E-state index contributed by atoms with van der Waals surface area (Å²) in [5, 5.41) is 2.85. The standard InChI is InChI=1S/C24H24N2O5S/c1-16-6-7-17(2)23(12-16)32(28,29)26-20-5-3-4-19(14-20)24(27)25-15-18-8-9-21-22(13-18)31-11-10-30-21/h3-9,12-14,26H,10-11,15H2,1-2H3,(H,25,27). The normalized spacial score (nSPS) is 12.8. The third-order valence-corrected chi connectivity index (χ3v) is 6.59. The second kappa shape index (κ2) is 8.92. The van der Waals surface area contributed by atoms with Gasteiger partial charge in [-0.05, 0) is 66.9 Å². The molecule has 3 aromatic rings. The van der Waals surface area contributed by atoms with Gasteiger partial charge in [0.05, 0.1) is 4.90 Å². The Morgan fingerprint density at radius 3 is 2.53 bits per heavy atom. The molecule has 7 nitrogen and oxygen atoms in total. The number of aryl methyl sites for hydroxylation is 2. The van der Waals surface area contributed by atoms with Gasteiger partial charge < -0.3 is 14.8 Å². The van der Waals surface area contributed by atoms with Crippen LogP contribution in [0.3, 0.4) is 0 Å². The monoisotopic (exact) mass is 452 g/mol. The summed E-state index contributed by atoms with van der Waals surface area (Å²) in [6.45, 7) is 4.90. The lowest BCUT2D eigenvalue weighted by atomic mass is 10.1. The molecular weight excluding hydrogens is 428 g/mol. The van der Waals surface area contributed by atoms with Crippen molar-refractivity contribution in [1.82, 2.24) is 5.32 Å². The SMILES string of the molecule is Cc1ccc(C)c(S(=O)(=O)Nc2cccc(C(=O)NCc3ccc4c(c3)OCCO4)c2)c1. The molecule has 166 valence electrons. The lowest BCUT2D eigenvalue weighted by Gasteiger charge is -2.19. The number of ether oxygens (including phenoxy) is 2. The van der Waals surface area contributed by atoms with E-state index in [1.165, 1.54) is 6.07 Å². The molecule has 8 heteroatoms. The molecule has 1 heterocycles. The van der Waals surface area contributed by atoms with Crippen LogP contribution in [0.2, 0.25) is 0 Å². The van der Waals surface area contributed by atoms with Crippen LogP contribution in [0.1, 0.15) is 27.0 Å². The largest absolute Gasteiger partial charge is 0.486 e. The number of carbonyl (C=O) groups is 1. The smallest absolute Gasteiger partial charge is 0.262 e. The second-order valence-corrected chi connectivity index (χ2v) is 9.27. The molecule has 0 saturated carbocycles. The molecule has 0 unspecified atom stereocenters. The molecule has 0 atom stereocenters. The summed E-state index contributed by atoms with van der Waals surface area (Å²) in [5.74, 6) is 1.04. The molecule has 0 aromatic heterocycles. The number of rotatable bonds is 6. The first-order valence-electron chi connectivity index (χ1n) is 10.2. The van der Waals surface area contributed by atoms with Crippen LogP contribution in [0.15, 0.2) is 65.6 Å². The third kappa shape index (κ3) is 4.86. The molecule has 2 N–H and O–H groups in total. The van der Waals surface area contributed by atoms with Crippen molar-refractivity contribution >= 4 is 21.6 Å². The van der Waals surface area contributed by atoms with Gasteiger partial charge >= 0.3 is 0 Å². The Morgan fingerprint density at radius 1 is 0.938 bits per heavy atom. The fraction of sp³-hybridized carbons (Fsp3) is 0.208. The summed E-state index contributed by atoms with van der Waals surface area (Å²) in [6.07, 6.45) is 0. The molecule has 4 rings (SSSR count). The van der Waals surface area contributed by atoms with Crippen LogP contribution in [0.4, 0.5) is 5.69 Å². The second-order valence-electron chi connectivity index (χ2n) is 7.62. The Hall–Kier alpha value is -3.52. The van der Waals surface area contributed by atoms with Gasteiger partial charge in [-0.3, -0.25) is 9.52 Å². The number of benzene rings is 3. The zero-order valence-corrected chi connectivity index (χ0v) is 18.7. The van der Waals surface area contributed by atoms with Gasteiger partial charge in [-0.15, -0.1) is 0 Å². The molecule has 0 aliphatic carbocycles. The first-order valence-corrected chi connectivity index (χ1v) is 11.7. The Bertz CT molecular complexity index is 1270. The summed E-state index contributed by atoms with van der Waals surface area (Å²) < 4.78 is 39.3. The highest BCUT2D eigenvalue weighted by molar-refractivity contribution is 7.92. The van der Waals surface area contributed by atoms with E-state index in [9.17, 15) is 13.2 Å².